The summed E-state index contributed by atoms with van der Waals surface area (Å²) in [5.74, 6) is 1.02. The fraction of sp³-hybridized carbons (Fsp3) is 0.778. The van der Waals surface area contributed by atoms with Gasteiger partial charge in [-0.15, -0.1) is 0 Å². The normalized spacial score (nSPS) is 25.6. The van der Waals surface area contributed by atoms with Gasteiger partial charge in [0.05, 0.1) is 25.9 Å². The van der Waals surface area contributed by atoms with Crippen LogP contribution >= 0.6 is 0 Å². The van der Waals surface area contributed by atoms with Crippen molar-refractivity contribution in [1.29, 1.82) is 0 Å². The maximum Gasteiger partial charge on any atom is 0.194 e. The van der Waals surface area contributed by atoms with Crippen LogP contribution in [-0.4, -0.2) is 77.5 Å². The molecule has 25 heavy (non-hydrogen) atoms. The third kappa shape index (κ3) is 4.52. The minimum atomic E-state index is 0.0601. The average Bonchev–Trinajstić information content (AvgIpc) is 3.27. The van der Waals surface area contributed by atoms with Gasteiger partial charge in [-0.3, -0.25) is 14.6 Å². The Morgan fingerprint density at radius 3 is 3.00 bits per heavy atom. The van der Waals surface area contributed by atoms with E-state index < -0.39 is 0 Å². The molecule has 1 N–H and O–H groups in total. The lowest BCUT2D eigenvalue weighted by Gasteiger charge is -2.35. The molecule has 0 aliphatic carbocycles. The topological polar surface area (TPSA) is 57.9 Å². The van der Waals surface area contributed by atoms with E-state index in [1.807, 2.05) is 24.1 Å². The molecule has 3 heterocycles. The van der Waals surface area contributed by atoms with Crippen LogP contribution in [0.5, 0.6) is 0 Å². The van der Waals surface area contributed by atoms with Gasteiger partial charge in [0.15, 0.2) is 5.96 Å². The number of aromatic nitrogens is 2. The second-order valence-corrected chi connectivity index (χ2v) is 6.87. The van der Waals surface area contributed by atoms with Gasteiger partial charge >= 0.3 is 0 Å². The summed E-state index contributed by atoms with van der Waals surface area (Å²) < 4.78 is 7.79. The largest absolute Gasteiger partial charge is 0.370 e. The van der Waals surface area contributed by atoms with Gasteiger partial charge in [0, 0.05) is 37.9 Å². The molecule has 2 aliphatic rings. The molecule has 0 amide bonds. The van der Waals surface area contributed by atoms with E-state index in [-0.39, 0.29) is 6.10 Å². The lowest BCUT2D eigenvalue weighted by molar-refractivity contribution is -0.00807. The molecule has 0 aromatic carbocycles. The number of likely N-dealkylation sites (N-methyl/N-ethyl adjacent to an activating group) is 1. The van der Waals surface area contributed by atoms with Crippen LogP contribution in [0.25, 0.3) is 0 Å². The Labute approximate surface area is 151 Å². The van der Waals surface area contributed by atoms with Crippen molar-refractivity contribution in [3.05, 3.63) is 18.0 Å². The van der Waals surface area contributed by atoms with E-state index in [9.17, 15) is 0 Å². The molecule has 2 saturated heterocycles. The molecule has 1 aromatic heterocycles. The number of hydrogen-bond acceptors (Lipinski definition) is 4. The first-order chi connectivity index (χ1) is 12.2. The Morgan fingerprint density at radius 1 is 1.40 bits per heavy atom. The lowest BCUT2D eigenvalue weighted by Crippen LogP contribution is -2.48. The summed E-state index contributed by atoms with van der Waals surface area (Å²) in [7, 11) is 1.94. The Balaban J connectivity index is 1.65. The standard InChI is InChI=1S/C18H32N6O/c1-4-19-18(20-12-16-7-6-8-23(16)5-2)24-9-10-25-17(14-24)15-11-21-22(3)13-15/h11,13,16-17H,4-10,12,14H2,1-3H3,(H,19,20). The molecule has 140 valence electrons. The van der Waals surface area contributed by atoms with E-state index in [2.05, 4.69) is 34.1 Å². The third-order valence-corrected chi connectivity index (χ3v) is 5.15. The minimum Gasteiger partial charge on any atom is -0.370 e. The van der Waals surface area contributed by atoms with Crippen molar-refractivity contribution < 1.29 is 4.74 Å². The highest BCUT2D eigenvalue weighted by Gasteiger charge is 2.26. The highest BCUT2D eigenvalue weighted by molar-refractivity contribution is 5.80. The van der Waals surface area contributed by atoms with E-state index in [1.54, 1.807) is 0 Å². The van der Waals surface area contributed by atoms with Gasteiger partial charge in [0.1, 0.15) is 6.10 Å². The number of nitrogens with zero attached hydrogens (tertiary/aromatic N) is 5. The Bertz CT molecular complexity index is 572. The molecule has 7 nitrogen and oxygen atoms in total. The van der Waals surface area contributed by atoms with Gasteiger partial charge < -0.3 is 15.0 Å². The molecule has 1 aromatic rings. The zero-order valence-corrected chi connectivity index (χ0v) is 15.8. The van der Waals surface area contributed by atoms with Crippen molar-refractivity contribution in [2.75, 3.05) is 45.9 Å². The number of morpholine rings is 1. The SMILES string of the molecule is CCNC(=NCC1CCCN1CC)N1CCOC(c2cnn(C)c2)C1. The number of aliphatic imine (C=N–C) groups is 1. The first-order valence-electron chi connectivity index (χ1n) is 9.58. The van der Waals surface area contributed by atoms with Crippen LogP contribution in [0.1, 0.15) is 38.4 Å². The molecule has 7 heteroatoms. The smallest absolute Gasteiger partial charge is 0.194 e. The monoisotopic (exact) mass is 348 g/mol. The van der Waals surface area contributed by atoms with Gasteiger partial charge in [0.25, 0.3) is 0 Å². The molecule has 0 spiro atoms. The summed E-state index contributed by atoms with van der Waals surface area (Å²) in [6.07, 6.45) is 6.56. The van der Waals surface area contributed by atoms with Gasteiger partial charge in [-0.25, -0.2) is 0 Å². The van der Waals surface area contributed by atoms with Crippen molar-refractivity contribution in [2.24, 2.45) is 12.0 Å². The zero-order chi connectivity index (χ0) is 17.6. The zero-order valence-electron chi connectivity index (χ0n) is 15.8. The maximum absolute atomic E-state index is 5.96. The molecule has 2 fully saturated rings. The minimum absolute atomic E-state index is 0.0601. The van der Waals surface area contributed by atoms with Crippen molar-refractivity contribution in [3.8, 4) is 0 Å². The van der Waals surface area contributed by atoms with Crippen LogP contribution in [0.3, 0.4) is 0 Å². The van der Waals surface area contributed by atoms with Crippen molar-refractivity contribution in [3.63, 3.8) is 0 Å². The molecule has 2 aliphatic heterocycles. The number of likely N-dealkylation sites (tertiary alicyclic amines) is 1. The number of guanidine groups is 1. The highest BCUT2D eigenvalue weighted by atomic mass is 16.5. The van der Waals surface area contributed by atoms with Crippen LogP contribution in [-0.2, 0) is 11.8 Å². The van der Waals surface area contributed by atoms with E-state index in [4.69, 9.17) is 9.73 Å². The van der Waals surface area contributed by atoms with Crippen LogP contribution in [0.4, 0.5) is 0 Å². The predicted molar refractivity (Wildman–Crippen MR) is 99.7 cm³/mol. The van der Waals surface area contributed by atoms with E-state index in [1.165, 1.54) is 19.4 Å². The Kier molecular flexibility index (Phi) is 6.31. The number of aryl methyl sites for hydroxylation is 1. The van der Waals surface area contributed by atoms with E-state index in [0.29, 0.717) is 12.6 Å². The van der Waals surface area contributed by atoms with E-state index in [0.717, 1.165) is 44.2 Å². The predicted octanol–water partition coefficient (Wildman–Crippen LogP) is 1.24. The maximum atomic E-state index is 5.96. The van der Waals surface area contributed by atoms with Gasteiger partial charge in [-0.2, -0.15) is 5.10 Å². The Morgan fingerprint density at radius 2 is 2.28 bits per heavy atom. The molecule has 3 rings (SSSR count). The molecule has 2 atom stereocenters. The van der Waals surface area contributed by atoms with Crippen LogP contribution in [0, 0.1) is 0 Å². The molecular formula is C18H32N6O. The van der Waals surface area contributed by atoms with Gasteiger partial charge in [-0.05, 0) is 32.9 Å². The van der Waals surface area contributed by atoms with Crippen LogP contribution in [0.2, 0.25) is 0 Å². The summed E-state index contributed by atoms with van der Waals surface area (Å²) in [6, 6.07) is 0.591. The van der Waals surface area contributed by atoms with Crippen LogP contribution < -0.4 is 5.32 Å². The number of ether oxygens (including phenoxy) is 1. The van der Waals surface area contributed by atoms with E-state index >= 15 is 0 Å². The summed E-state index contributed by atoms with van der Waals surface area (Å²) in [6.45, 7) is 10.9. The fourth-order valence-corrected chi connectivity index (χ4v) is 3.79. The quantitative estimate of drug-likeness (QED) is 0.641. The summed E-state index contributed by atoms with van der Waals surface area (Å²) in [5, 5.41) is 7.74. The lowest BCUT2D eigenvalue weighted by atomic mass is 10.1. The third-order valence-electron chi connectivity index (χ3n) is 5.15. The van der Waals surface area contributed by atoms with Crippen molar-refractivity contribution in [2.45, 2.75) is 38.8 Å². The second kappa shape index (κ2) is 8.67. The number of hydrogen-bond donors (Lipinski definition) is 1. The van der Waals surface area contributed by atoms with Crippen molar-refractivity contribution >= 4 is 5.96 Å². The highest BCUT2D eigenvalue weighted by Crippen LogP contribution is 2.22. The number of rotatable bonds is 5. The molecule has 0 bridgehead atoms. The summed E-state index contributed by atoms with van der Waals surface area (Å²) >= 11 is 0. The van der Waals surface area contributed by atoms with Gasteiger partial charge in [0.2, 0.25) is 0 Å². The first kappa shape index (κ1) is 18.2. The second-order valence-electron chi connectivity index (χ2n) is 6.87. The summed E-state index contributed by atoms with van der Waals surface area (Å²) in [5.41, 5.74) is 1.14. The van der Waals surface area contributed by atoms with Gasteiger partial charge in [-0.1, -0.05) is 6.92 Å². The first-order valence-corrected chi connectivity index (χ1v) is 9.58. The molecule has 0 saturated carbocycles. The molecule has 2 unspecified atom stereocenters. The van der Waals surface area contributed by atoms with Crippen LogP contribution in [0.15, 0.2) is 17.4 Å². The summed E-state index contributed by atoms with van der Waals surface area (Å²) in [4.78, 5) is 9.84. The Hall–Kier alpha value is -1.60. The average molecular weight is 348 g/mol. The fourth-order valence-electron chi connectivity index (χ4n) is 3.79. The molecule has 0 radical (unpaired) electrons. The molecular weight excluding hydrogens is 316 g/mol. The van der Waals surface area contributed by atoms with Crippen molar-refractivity contribution in [1.82, 2.24) is 24.9 Å². The number of nitrogens with one attached hydrogen (secondary N) is 1.